The Labute approximate surface area is 294 Å². The molecule has 0 bridgehead atoms. The van der Waals surface area contributed by atoms with E-state index in [0.29, 0.717) is 18.4 Å². The maximum atomic E-state index is 14.7. The van der Waals surface area contributed by atoms with Crippen molar-refractivity contribution in [3.63, 3.8) is 0 Å². The van der Waals surface area contributed by atoms with Gasteiger partial charge < -0.3 is 25.0 Å². The van der Waals surface area contributed by atoms with E-state index in [9.17, 15) is 19.2 Å². The smallest absolute Gasteiger partial charge is 0.408 e. The van der Waals surface area contributed by atoms with Crippen LogP contribution >= 0.6 is 0 Å². The maximum absolute atomic E-state index is 14.7. The standard InChI is InChI=1S/C40H61N3O6/c1-11-13-14-15-19-26-43(36(45)33(29(4)12-2)42-38(47)49-40(8,9)10)34(31-24-22-28(3)23-25-31)35(44)41-32(37(46)48-39(5,6)7)27-30-20-17-16-18-21-30/h16-18,20-25,29,32-34H,11-15,19,26-27H2,1-10H3,(H,41,44)(H,42,47). The maximum Gasteiger partial charge on any atom is 0.408 e. The second kappa shape index (κ2) is 19.3. The van der Waals surface area contributed by atoms with E-state index in [1.165, 1.54) is 0 Å². The van der Waals surface area contributed by atoms with E-state index < -0.39 is 47.3 Å². The van der Waals surface area contributed by atoms with Crippen molar-refractivity contribution < 1.29 is 28.7 Å². The molecule has 3 amide bonds. The first-order valence-corrected chi connectivity index (χ1v) is 17.9. The van der Waals surface area contributed by atoms with Crippen molar-refractivity contribution >= 4 is 23.9 Å². The molecule has 0 aliphatic carbocycles. The van der Waals surface area contributed by atoms with Gasteiger partial charge in [0.15, 0.2) is 0 Å². The fourth-order valence-electron chi connectivity index (χ4n) is 5.44. The first kappa shape index (κ1) is 41.3. The molecule has 0 aliphatic rings. The minimum atomic E-state index is -1.08. The zero-order valence-electron chi connectivity index (χ0n) is 31.6. The summed E-state index contributed by atoms with van der Waals surface area (Å²) in [5.41, 5.74) is 0.928. The Bertz CT molecular complexity index is 1330. The number of amides is 3. The lowest BCUT2D eigenvalue weighted by molar-refractivity contribution is -0.159. The lowest BCUT2D eigenvalue weighted by Crippen LogP contribution is -2.56. The predicted octanol–water partition coefficient (Wildman–Crippen LogP) is 7.84. The van der Waals surface area contributed by atoms with Gasteiger partial charge in [0.05, 0.1) is 0 Å². The number of nitrogens with one attached hydrogen (secondary N) is 2. The molecule has 0 spiro atoms. The summed E-state index contributed by atoms with van der Waals surface area (Å²) in [6, 6.07) is 13.9. The molecular weight excluding hydrogens is 618 g/mol. The highest BCUT2D eigenvalue weighted by Crippen LogP contribution is 2.27. The van der Waals surface area contributed by atoms with Crippen LogP contribution in [-0.2, 0) is 30.3 Å². The van der Waals surface area contributed by atoms with Crippen LogP contribution in [0.1, 0.15) is 124 Å². The molecule has 0 saturated heterocycles. The second-order valence-electron chi connectivity index (χ2n) is 15.1. The number of rotatable bonds is 17. The summed E-state index contributed by atoms with van der Waals surface area (Å²) in [6.07, 6.45) is 4.81. The normalized spacial score (nSPS) is 14.2. The van der Waals surface area contributed by atoms with Crippen LogP contribution in [0.5, 0.6) is 0 Å². The van der Waals surface area contributed by atoms with E-state index in [1.807, 2.05) is 75.4 Å². The third-order valence-corrected chi connectivity index (χ3v) is 8.18. The SMILES string of the molecule is CCCCCCCN(C(=O)C(NC(=O)OC(C)(C)C)C(C)CC)C(C(=O)NC(Cc1ccccc1)C(=O)OC(C)(C)C)c1ccc(C)cc1. The minimum Gasteiger partial charge on any atom is -0.458 e. The second-order valence-corrected chi connectivity index (χ2v) is 15.1. The minimum absolute atomic E-state index is 0.211. The molecule has 0 radical (unpaired) electrons. The van der Waals surface area contributed by atoms with Crippen LogP contribution in [-0.4, -0.2) is 58.6 Å². The highest BCUT2D eigenvalue weighted by Gasteiger charge is 2.39. The number of ether oxygens (including phenoxy) is 2. The molecule has 0 aliphatic heterocycles. The number of hydrogen-bond acceptors (Lipinski definition) is 6. The molecule has 0 fully saturated rings. The lowest BCUT2D eigenvalue weighted by atomic mass is 9.95. The van der Waals surface area contributed by atoms with Crippen LogP contribution in [0.4, 0.5) is 4.79 Å². The molecule has 0 heterocycles. The number of nitrogens with zero attached hydrogens (tertiary/aromatic N) is 1. The average molecular weight is 680 g/mol. The third-order valence-electron chi connectivity index (χ3n) is 8.18. The molecule has 2 aromatic rings. The topological polar surface area (TPSA) is 114 Å². The molecular formula is C40H61N3O6. The number of carbonyl (C=O) groups is 4. The highest BCUT2D eigenvalue weighted by molar-refractivity contribution is 5.94. The van der Waals surface area contributed by atoms with Gasteiger partial charge in [-0.05, 0) is 71.9 Å². The molecule has 0 aromatic heterocycles. The summed E-state index contributed by atoms with van der Waals surface area (Å²) in [7, 11) is 0. The van der Waals surface area contributed by atoms with E-state index in [1.54, 1.807) is 46.4 Å². The largest absolute Gasteiger partial charge is 0.458 e. The Hall–Kier alpha value is -3.88. The molecule has 0 saturated carbocycles. The van der Waals surface area contributed by atoms with E-state index in [0.717, 1.165) is 36.8 Å². The van der Waals surface area contributed by atoms with Crippen LogP contribution < -0.4 is 10.6 Å². The first-order valence-electron chi connectivity index (χ1n) is 17.9. The van der Waals surface area contributed by atoms with Crippen LogP contribution in [0, 0.1) is 12.8 Å². The molecule has 49 heavy (non-hydrogen) atoms. The monoisotopic (exact) mass is 679 g/mol. The van der Waals surface area contributed by atoms with Crippen LogP contribution in [0.25, 0.3) is 0 Å². The van der Waals surface area contributed by atoms with Crippen LogP contribution in [0.2, 0.25) is 0 Å². The Morgan fingerprint density at radius 2 is 1.37 bits per heavy atom. The Morgan fingerprint density at radius 3 is 1.92 bits per heavy atom. The number of alkyl carbamates (subject to hydrolysis) is 1. The van der Waals surface area contributed by atoms with Gasteiger partial charge >= 0.3 is 12.1 Å². The molecule has 2 rings (SSSR count). The number of esters is 1. The summed E-state index contributed by atoms with van der Waals surface area (Å²) >= 11 is 0. The van der Waals surface area contributed by atoms with Gasteiger partial charge in [0, 0.05) is 13.0 Å². The van der Waals surface area contributed by atoms with Gasteiger partial charge in [-0.25, -0.2) is 9.59 Å². The van der Waals surface area contributed by atoms with Gasteiger partial charge in [-0.1, -0.05) is 113 Å². The van der Waals surface area contributed by atoms with Gasteiger partial charge in [0.2, 0.25) is 11.8 Å². The van der Waals surface area contributed by atoms with Crippen LogP contribution in [0.3, 0.4) is 0 Å². The van der Waals surface area contributed by atoms with Crippen molar-refractivity contribution in [1.29, 1.82) is 0 Å². The number of hydrogen-bond donors (Lipinski definition) is 2. The summed E-state index contributed by atoms with van der Waals surface area (Å²) in [6.45, 7) is 18.9. The van der Waals surface area contributed by atoms with Crippen molar-refractivity contribution in [2.24, 2.45) is 5.92 Å². The molecule has 2 aromatic carbocycles. The zero-order chi connectivity index (χ0) is 36.8. The van der Waals surface area contributed by atoms with Crippen molar-refractivity contribution in [2.45, 2.75) is 144 Å². The summed E-state index contributed by atoms with van der Waals surface area (Å²) < 4.78 is 11.3. The average Bonchev–Trinajstić information content (AvgIpc) is 3.01. The van der Waals surface area contributed by atoms with E-state index >= 15 is 0 Å². The quantitative estimate of drug-likeness (QED) is 0.130. The van der Waals surface area contributed by atoms with Gasteiger partial charge in [-0.15, -0.1) is 0 Å². The van der Waals surface area contributed by atoms with Gasteiger partial charge in [-0.2, -0.15) is 0 Å². The van der Waals surface area contributed by atoms with Gasteiger partial charge in [0.25, 0.3) is 0 Å². The summed E-state index contributed by atoms with van der Waals surface area (Å²) in [4.78, 5) is 57.5. The van der Waals surface area contributed by atoms with Crippen molar-refractivity contribution in [1.82, 2.24) is 15.5 Å². The molecule has 9 nitrogen and oxygen atoms in total. The van der Waals surface area contributed by atoms with Gasteiger partial charge in [-0.3, -0.25) is 9.59 Å². The third kappa shape index (κ3) is 14.6. The molecule has 272 valence electrons. The van der Waals surface area contributed by atoms with Crippen molar-refractivity contribution in [3.8, 4) is 0 Å². The molecule has 4 atom stereocenters. The highest BCUT2D eigenvalue weighted by atomic mass is 16.6. The summed E-state index contributed by atoms with van der Waals surface area (Å²) in [5, 5.41) is 5.81. The Morgan fingerprint density at radius 1 is 0.776 bits per heavy atom. The number of aryl methyl sites for hydroxylation is 1. The molecule has 4 unspecified atom stereocenters. The number of benzene rings is 2. The van der Waals surface area contributed by atoms with Crippen molar-refractivity contribution in [3.05, 3.63) is 71.3 Å². The van der Waals surface area contributed by atoms with Crippen LogP contribution in [0.15, 0.2) is 54.6 Å². The molecule has 9 heteroatoms. The first-order chi connectivity index (χ1) is 23.0. The fourth-order valence-corrected chi connectivity index (χ4v) is 5.44. The fraction of sp³-hybridized carbons (Fsp3) is 0.600. The Kier molecular flexibility index (Phi) is 16.3. The zero-order valence-corrected chi connectivity index (χ0v) is 31.6. The van der Waals surface area contributed by atoms with E-state index in [4.69, 9.17) is 9.47 Å². The predicted molar refractivity (Wildman–Crippen MR) is 195 cm³/mol. The van der Waals surface area contributed by atoms with Gasteiger partial charge in [0.1, 0.15) is 29.3 Å². The van der Waals surface area contributed by atoms with Crippen molar-refractivity contribution in [2.75, 3.05) is 6.54 Å². The van der Waals surface area contributed by atoms with E-state index in [-0.39, 0.29) is 24.8 Å². The Balaban J connectivity index is 2.64. The molecule has 2 N–H and O–H groups in total. The summed E-state index contributed by atoms with van der Waals surface area (Å²) in [5.74, 6) is -1.70. The number of unbranched alkanes of at least 4 members (excludes halogenated alkanes) is 4. The lowest BCUT2D eigenvalue weighted by Gasteiger charge is -2.37. The van der Waals surface area contributed by atoms with E-state index in [2.05, 4.69) is 17.6 Å². The number of carbonyl (C=O) groups excluding carboxylic acids is 4.